The number of hydrogen-bond acceptors (Lipinski definition) is 5. The Morgan fingerprint density at radius 2 is 1.52 bits per heavy atom. The van der Waals surface area contributed by atoms with Crippen LogP contribution in [0.2, 0.25) is 5.02 Å². The molecule has 0 bridgehead atoms. The van der Waals surface area contributed by atoms with Crippen LogP contribution in [-0.4, -0.2) is 29.7 Å². The molecule has 0 saturated carbocycles. The van der Waals surface area contributed by atoms with Crippen LogP contribution in [0.1, 0.15) is 95.5 Å². The molecule has 11 heteroatoms. The van der Waals surface area contributed by atoms with Crippen LogP contribution in [0.25, 0.3) is 0 Å². The minimum absolute atomic E-state index is 0.0710. The highest BCUT2D eigenvalue weighted by Gasteiger charge is 2.44. The van der Waals surface area contributed by atoms with Crippen LogP contribution >= 0.6 is 11.6 Å². The smallest absolute Gasteiger partial charge is 0.418 e. The third-order valence-electron chi connectivity index (χ3n) is 10.3. The quantitative estimate of drug-likeness (QED) is 0.147. The van der Waals surface area contributed by atoms with E-state index in [1.165, 1.54) is 6.07 Å². The topological polar surface area (TPSA) is 80.2 Å². The number of hydrogen-bond donors (Lipinski definition) is 1. The van der Waals surface area contributed by atoms with Gasteiger partial charge >= 0.3 is 6.18 Å². The number of ether oxygens (including phenoxy) is 2. The number of rotatable bonds is 13. The van der Waals surface area contributed by atoms with Gasteiger partial charge in [-0.05, 0) is 91.1 Å². The van der Waals surface area contributed by atoms with Gasteiger partial charge in [-0.25, -0.2) is 0 Å². The zero-order chi connectivity index (χ0) is 39.6. The number of aryl methyl sites for hydroxylation is 1. The van der Waals surface area contributed by atoms with Crippen molar-refractivity contribution in [2.75, 3.05) is 10.3 Å². The number of hydrazone groups is 1. The lowest BCUT2D eigenvalue weighted by Crippen LogP contribution is -2.37. The van der Waals surface area contributed by atoms with Crippen molar-refractivity contribution in [1.82, 2.24) is 0 Å². The molecular weight excluding hydrogens is 715 g/mol. The van der Waals surface area contributed by atoms with Gasteiger partial charge in [-0.1, -0.05) is 102 Å². The molecule has 1 aliphatic heterocycles. The van der Waals surface area contributed by atoms with Gasteiger partial charge in [0.25, 0.3) is 11.8 Å². The van der Waals surface area contributed by atoms with E-state index in [4.69, 9.17) is 21.1 Å². The molecule has 0 fully saturated rings. The van der Waals surface area contributed by atoms with E-state index >= 15 is 0 Å². The van der Waals surface area contributed by atoms with E-state index in [2.05, 4.69) is 58.0 Å². The number of nitrogens with zero attached hydrogens (tertiary/aromatic N) is 2. The van der Waals surface area contributed by atoms with Crippen LogP contribution in [0.5, 0.6) is 11.5 Å². The van der Waals surface area contributed by atoms with E-state index in [-0.39, 0.29) is 28.6 Å². The number of carbonyl (C=O) groups excluding carboxylic acids is 2. The second kappa shape index (κ2) is 15.9. The van der Waals surface area contributed by atoms with Gasteiger partial charge in [0, 0.05) is 21.8 Å². The number of nitrogens with one attached hydrogen (secondary N) is 1. The molecule has 2 amide bonds. The number of carbonyl (C=O) groups is 2. The molecule has 286 valence electrons. The molecule has 7 nitrogen and oxygen atoms in total. The van der Waals surface area contributed by atoms with Crippen LogP contribution in [0, 0.1) is 6.92 Å². The lowest BCUT2D eigenvalue weighted by atomic mass is 9.76. The molecule has 2 unspecified atom stereocenters. The largest absolute Gasteiger partial charge is 0.480 e. The Labute approximate surface area is 320 Å². The number of anilines is 2. The number of benzene rings is 4. The first-order chi connectivity index (χ1) is 25.4. The molecule has 0 radical (unpaired) electrons. The number of alkyl halides is 3. The highest BCUT2D eigenvalue weighted by atomic mass is 35.5. The Morgan fingerprint density at radius 3 is 2.11 bits per heavy atom. The van der Waals surface area contributed by atoms with E-state index in [1.54, 1.807) is 55.5 Å². The molecule has 4 aromatic carbocycles. The van der Waals surface area contributed by atoms with Gasteiger partial charge < -0.3 is 14.8 Å². The van der Waals surface area contributed by atoms with Crippen LogP contribution in [0.3, 0.4) is 0 Å². The van der Waals surface area contributed by atoms with Gasteiger partial charge in [-0.15, -0.1) is 0 Å². The van der Waals surface area contributed by atoms with Gasteiger partial charge in [0.2, 0.25) is 6.10 Å². The van der Waals surface area contributed by atoms with Crippen LogP contribution in [0.15, 0.2) is 90.0 Å². The predicted molar refractivity (Wildman–Crippen MR) is 209 cm³/mol. The highest BCUT2D eigenvalue weighted by Crippen LogP contribution is 2.42. The molecule has 0 spiro atoms. The summed E-state index contributed by atoms with van der Waals surface area (Å²) in [5, 5.41) is 8.13. The summed E-state index contributed by atoms with van der Waals surface area (Å²) in [6, 6.07) is 22.6. The summed E-state index contributed by atoms with van der Waals surface area (Å²) in [5.41, 5.74) is 1.49. The fourth-order valence-corrected chi connectivity index (χ4v) is 6.13. The maximum atomic E-state index is 14.8. The average molecular weight is 762 g/mol. The van der Waals surface area contributed by atoms with E-state index in [0.717, 1.165) is 41.7 Å². The molecule has 2 atom stereocenters. The zero-order valence-electron chi connectivity index (χ0n) is 31.9. The normalized spacial score (nSPS) is 15.6. The van der Waals surface area contributed by atoms with E-state index < -0.39 is 41.4 Å². The fourth-order valence-electron chi connectivity index (χ4n) is 6.00. The van der Waals surface area contributed by atoms with Gasteiger partial charge in [-0.3, -0.25) is 9.59 Å². The Morgan fingerprint density at radius 1 is 0.870 bits per heavy atom. The predicted octanol–water partition coefficient (Wildman–Crippen LogP) is 11.0. The molecule has 1 heterocycles. The van der Waals surface area contributed by atoms with Crippen molar-refractivity contribution in [3.8, 4) is 11.5 Å². The van der Waals surface area contributed by atoms with Crippen molar-refractivity contribution in [3.63, 3.8) is 0 Å². The third kappa shape index (κ3) is 8.75. The van der Waals surface area contributed by atoms with Gasteiger partial charge in [0.15, 0.2) is 6.10 Å². The first-order valence-corrected chi connectivity index (χ1v) is 18.5. The summed E-state index contributed by atoms with van der Waals surface area (Å²) in [6.07, 6.45) is -5.25. The Hall–Kier alpha value is -4.83. The SMILES string of the molecule is CCC(Oc1ccc(C(C)(C)CC)cc1C(C)(C)CC)C(=O)Nc1ccc(N2N=C(c3ccc(Cl)cc3)C(Oc3ccc(C)cc3)C2=O)c(C(F)(F)F)c1. The Balaban J connectivity index is 1.46. The maximum Gasteiger partial charge on any atom is 0.418 e. The Bertz CT molecular complexity index is 2030. The molecule has 54 heavy (non-hydrogen) atoms. The summed E-state index contributed by atoms with van der Waals surface area (Å²) >= 11 is 6.09. The maximum absolute atomic E-state index is 14.8. The minimum atomic E-state index is -4.92. The molecular formula is C43H47ClF3N3O4. The minimum Gasteiger partial charge on any atom is -0.480 e. The average Bonchev–Trinajstić information content (AvgIpc) is 3.46. The molecule has 1 aliphatic rings. The van der Waals surface area contributed by atoms with Crippen LogP contribution < -0.4 is 19.8 Å². The summed E-state index contributed by atoms with van der Waals surface area (Å²) < 4.78 is 56.7. The van der Waals surface area contributed by atoms with Crippen molar-refractivity contribution >= 4 is 40.5 Å². The van der Waals surface area contributed by atoms with Crippen molar-refractivity contribution in [3.05, 3.63) is 118 Å². The van der Waals surface area contributed by atoms with Crippen LogP contribution in [0.4, 0.5) is 24.5 Å². The second-order valence-electron chi connectivity index (χ2n) is 14.9. The molecule has 1 N–H and O–H groups in total. The molecule has 0 aliphatic carbocycles. The van der Waals surface area contributed by atoms with Gasteiger partial charge in [0.1, 0.15) is 17.2 Å². The van der Waals surface area contributed by atoms with Crippen molar-refractivity contribution in [1.29, 1.82) is 0 Å². The first kappa shape index (κ1) is 40.4. The van der Waals surface area contributed by atoms with Gasteiger partial charge in [0.05, 0.1) is 11.3 Å². The Kier molecular flexibility index (Phi) is 11.9. The van der Waals surface area contributed by atoms with E-state index in [9.17, 15) is 22.8 Å². The number of amides is 2. The van der Waals surface area contributed by atoms with Crippen molar-refractivity contribution in [2.45, 2.75) is 104 Å². The molecule has 5 rings (SSSR count). The summed E-state index contributed by atoms with van der Waals surface area (Å²) in [7, 11) is 0. The number of halogens is 4. The highest BCUT2D eigenvalue weighted by molar-refractivity contribution is 6.31. The van der Waals surface area contributed by atoms with E-state index in [0.29, 0.717) is 27.1 Å². The summed E-state index contributed by atoms with van der Waals surface area (Å²) in [6.45, 7) is 16.5. The first-order valence-electron chi connectivity index (χ1n) is 18.1. The standard InChI is InChI=1S/C43H47ClF3N3O4/c1-9-35(54-36-23-16-28(41(5,6)10-2)24-33(36)42(7,8)11-3)39(51)48-30-19-22-34(32(25-30)43(45,46)47)50-40(52)38(53-31-20-12-26(4)13-21-31)37(49-50)27-14-17-29(44)18-15-27/h12-25,35,38H,9-11H2,1-8H3,(H,48,51). The lowest BCUT2D eigenvalue weighted by molar-refractivity contribution is -0.137. The molecule has 0 saturated heterocycles. The zero-order valence-corrected chi connectivity index (χ0v) is 32.7. The molecule has 4 aromatic rings. The van der Waals surface area contributed by atoms with Crippen LogP contribution in [-0.2, 0) is 26.6 Å². The van der Waals surface area contributed by atoms with Crippen molar-refractivity contribution in [2.24, 2.45) is 5.10 Å². The monoisotopic (exact) mass is 761 g/mol. The molecule has 0 aromatic heterocycles. The third-order valence-corrected chi connectivity index (χ3v) is 10.5. The summed E-state index contributed by atoms with van der Waals surface area (Å²) in [4.78, 5) is 27.5. The second-order valence-corrected chi connectivity index (χ2v) is 15.3. The van der Waals surface area contributed by atoms with Gasteiger partial charge in [-0.2, -0.15) is 23.3 Å². The lowest BCUT2D eigenvalue weighted by Gasteiger charge is -2.31. The van der Waals surface area contributed by atoms with E-state index in [1.807, 2.05) is 19.1 Å². The van der Waals surface area contributed by atoms with Crippen molar-refractivity contribution < 1.29 is 32.2 Å². The summed E-state index contributed by atoms with van der Waals surface area (Å²) in [5.74, 6) is -0.532. The fraction of sp³-hybridized carbons (Fsp3) is 0.372.